The molecule has 28 heavy (non-hydrogen) atoms. The number of nitrogens with one attached hydrogen (secondary N) is 1. The summed E-state index contributed by atoms with van der Waals surface area (Å²) in [5.41, 5.74) is 9.17. The maximum absolute atomic E-state index is 5.96. The number of nitrogens with zero attached hydrogens (tertiary/aromatic N) is 2. The Bertz CT molecular complexity index is 857. The quantitative estimate of drug-likeness (QED) is 0.287. The van der Waals surface area contributed by atoms with Crippen LogP contribution in [-0.2, 0) is 19.6 Å². The first-order valence-corrected chi connectivity index (χ1v) is 8.99. The first-order chi connectivity index (χ1) is 13.3. The Labute approximate surface area is 183 Å². The Morgan fingerprint density at radius 1 is 0.964 bits per heavy atom. The molecule has 0 fully saturated rings. The van der Waals surface area contributed by atoms with Gasteiger partial charge in [0.05, 0.1) is 12.2 Å². The summed E-state index contributed by atoms with van der Waals surface area (Å²) in [5, 5.41) is 3.15. The van der Waals surface area contributed by atoms with E-state index in [1.165, 1.54) is 5.56 Å². The molecule has 0 aliphatic heterocycles. The number of ether oxygens (including phenoxy) is 1. The minimum absolute atomic E-state index is 0. The maximum Gasteiger partial charge on any atom is 0.188 e. The van der Waals surface area contributed by atoms with Gasteiger partial charge in [0.2, 0.25) is 0 Å². The summed E-state index contributed by atoms with van der Waals surface area (Å²) in [6.07, 6.45) is 2.67. The van der Waals surface area contributed by atoms with Crippen molar-refractivity contribution < 1.29 is 4.74 Å². The van der Waals surface area contributed by atoms with Crippen molar-refractivity contribution in [3.05, 3.63) is 95.8 Å². The number of nitrogens with two attached hydrogens (primary N) is 1. The van der Waals surface area contributed by atoms with Crippen LogP contribution in [0.2, 0.25) is 0 Å². The van der Waals surface area contributed by atoms with Gasteiger partial charge in [0.1, 0.15) is 12.4 Å². The number of rotatable bonds is 8. The maximum atomic E-state index is 5.96. The highest BCUT2D eigenvalue weighted by Crippen LogP contribution is 2.15. The molecule has 0 atom stereocenters. The molecule has 3 N–H and O–H groups in total. The summed E-state index contributed by atoms with van der Waals surface area (Å²) in [6.45, 7) is 1.70. The molecule has 1 heterocycles. The largest absolute Gasteiger partial charge is 0.487 e. The highest BCUT2D eigenvalue weighted by Gasteiger charge is 2.00. The van der Waals surface area contributed by atoms with Gasteiger partial charge in [-0.3, -0.25) is 4.98 Å². The van der Waals surface area contributed by atoms with Crippen molar-refractivity contribution in [3.8, 4) is 5.75 Å². The lowest BCUT2D eigenvalue weighted by Gasteiger charge is -2.08. The van der Waals surface area contributed by atoms with E-state index in [2.05, 4.69) is 27.4 Å². The van der Waals surface area contributed by atoms with Crippen molar-refractivity contribution in [2.24, 2.45) is 10.7 Å². The number of benzene rings is 2. The van der Waals surface area contributed by atoms with Crippen LogP contribution >= 0.6 is 24.0 Å². The fourth-order valence-corrected chi connectivity index (χ4v) is 2.59. The third-order valence-corrected chi connectivity index (χ3v) is 4.01. The summed E-state index contributed by atoms with van der Waals surface area (Å²) in [6, 6.07) is 23.9. The van der Waals surface area contributed by atoms with Crippen LogP contribution < -0.4 is 15.8 Å². The van der Waals surface area contributed by atoms with Crippen LogP contribution in [0.3, 0.4) is 0 Å². The standard InChI is InChI=1S/C22H24N4O.HI/c23-22(25-14-12-18-7-2-1-3-8-18)26-16-19-9-6-11-21(15-19)27-17-20-10-4-5-13-24-20;/h1-11,13,15H,12,14,16-17H2,(H3,23,25,26);1H. The second kappa shape index (κ2) is 12.0. The number of halogens is 1. The number of hydrogen-bond acceptors (Lipinski definition) is 3. The molecule has 0 saturated heterocycles. The van der Waals surface area contributed by atoms with Gasteiger partial charge in [0.25, 0.3) is 0 Å². The highest BCUT2D eigenvalue weighted by atomic mass is 127. The predicted octanol–water partition coefficient (Wildman–Crippen LogP) is 3.93. The lowest BCUT2D eigenvalue weighted by molar-refractivity contribution is 0.301. The van der Waals surface area contributed by atoms with Crippen molar-refractivity contribution in [2.45, 2.75) is 19.6 Å². The molecular formula is C22H25IN4O. The third-order valence-electron chi connectivity index (χ3n) is 4.01. The van der Waals surface area contributed by atoms with Gasteiger partial charge in [-0.1, -0.05) is 48.5 Å². The van der Waals surface area contributed by atoms with Crippen molar-refractivity contribution in [1.29, 1.82) is 0 Å². The van der Waals surface area contributed by atoms with E-state index in [4.69, 9.17) is 10.5 Å². The zero-order valence-electron chi connectivity index (χ0n) is 15.6. The fraction of sp³-hybridized carbons (Fsp3) is 0.182. The second-order valence-corrected chi connectivity index (χ2v) is 6.12. The van der Waals surface area contributed by atoms with Gasteiger partial charge in [-0.2, -0.15) is 0 Å². The van der Waals surface area contributed by atoms with E-state index in [0.717, 1.165) is 30.0 Å². The average Bonchev–Trinajstić information content (AvgIpc) is 2.73. The van der Waals surface area contributed by atoms with E-state index in [0.29, 0.717) is 19.1 Å². The van der Waals surface area contributed by atoms with E-state index in [1.807, 2.05) is 60.7 Å². The van der Waals surface area contributed by atoms with Crippen LogP contribution in [0.15, 0.2) is 84.0 Å². The van der Waals surface area contributed by atoms with Crippen LogP contribution in [0, 0.1) is 0 Å². The van der Waals surface area contributed by atoms with Gasteiger partial charge in [-0.05, 0) is 41.8 Å². The van der Waals surface area contributed by atoms with E-state index in [9.17, 15) is 0 Å². The number of guanidine groups is 1. The highest BCUT2D eigenvalue weighted by molar-refractivity contribution is 14.0. The van der Waals surface area contributed by atoms with Crippen LogP contribution in [-0.4, -0.2) is 17.5 Å². The van der Waals surface area contributed by atoms with E-state index < -0.39 is 0 Å². The van der Waals surface area contributed by atoms with E-state index in [-0.39, 0.29) is 24.0 Å². The second-order valence-electron chi connectivity index (χ2n) is 6.12. The molecule has 5 nitrogen and oxygen atoms in total. The molecule has 0 aliphatic rings. The molecule has 6 heteroatoms. The zero-order valence-corrected chi connectivity index (χ0v) is 18.0. The molecule has 2 aromatic carbocycles. The molecule has 0 spiro atoms. The van der Waals surface area contributed by atoms with Crippen molar-refractivity contribution in [1.82, 2.24) is 10.3 Å². The first kappa shape index (κ1) is 21.7. The normalized spacial score (nSPS) is 10.8. The fourth-order valence-electron chi connectivity index (χ4n) is 2.59. The predicted molar refractivity (Wildman–Crippen MR) is 124 cm³/mol. The van der Waals surface area contributed by atoms with Gasteiger partial charge >= 0.3 is 0 Å². The van der Waals surface area contributed by atoms with Gasteiger partial charge in [-0.15, -0.1) is 24.0 Å². The van der Waals surface area contributed by atoms with Crippen LogP contribution in [0.25, 0.3) is 0 Å². The lowest BCUT2D eigenvalue weighted by Crippen LogP contribution is -2.33. The molecule has 0 aliphatic carbocycles. The SMILES string of the molecule is I.NC(=NCc1cccc(OCc2ccccn2)c1)NCCc1ccccc1. The summed E-state index contributed by atoms with van der Waals surface area (Å²) < 4.78 is 5.80. The van der Waals surface area contributed by atoms with Crippen LogP contribution in [0.5, 0.6) is 5.75 Å². The van der Waals surface area contributed by atoms with Crippen LogP contribution in [0.4, 0.5) is 0 Å². The molecule has 0 amide bonds. The van der Waals surface area contributed by atoms with E-state index in [1.54, 1.807) is 6.20 Å². The number of pyridine rings is 1. The summed E-state index contributed by atoms with van der Waals surface area (Å²) >= 11 is 0. The molecular weight excluding hydrogens is 463 g/mol. The topological polar surface area (TPSA) is 72.5 Å². The molecule has 146 valence electrons. The van der Waals surface area contributed by atoms with Crippen LogP contribution in [0.1, 0.15) is 16.8 Å². The Hall–Kier alpha value is -2.61. The lowest BCUT2D eigenvalue weighted by atomic mass is 10.1. The number of hydrogen-bond donors (Lipinski definition) is 2. The molecule has 3 rings (SSSR count). The molecule has 3 aromatic rings. The van der Waals surface area contributed by atoms with Crippen molar-refractivity contribution >= 4 is 29.9 Å². The first-order valence-electron chi connectivity index (χ1n) is 8.99. The Balaban J connectivity index is 0.00000280. The summed E-state index contributed by atoms with van der Waals surface area (Å²) in [7, 11) is 0. The summed E-state index contributed by atoms with van der Waals surface area (Å²) in [4.78, 5) is 8.65. The Morgan fingerprint density at radius 2 is 1.75 bits per heavy atom. The third kappa shape index (κ3) is 7.56. The minimum Gasteiger partial charge on any atom is -0.487 e. The molecule has 0 saturated carbocycles. The number of aliphatic imine (C=N–C) groups is 1. The molecule has 0 radical (unpaired) electrons. The molecule has 0 bridgehead atoms. The monoisotopic (exact) mass is 488 g/mol. The smallest absolute Gasteiger partial charge is 0.188 e. The van der Waals surface area contributed by atoms with E-state index >= 15 is 0 Å². The minimum atomic E-state index is 0. The average molecular weight is 488 g/mol. The van der Waals surface area contributed by atoms with Gasteiger partial charge in [-0.25, -0.2) is 4.99 Å². The molecule has 0 unspecified atom stereocenters. The van der Waals surface area contributed by atoms with Gasteiger partial charge < -0.3 is 15.8 Å². The Kier molecular flexibility index (Phi) is 9.27. The van der Waals surface area contributed by atoms with Crippen molar-refractivity contribution in [2.75, 3.05) is 6.54 Å². The van der Waals surface area contributed by atoms with Crippen molar-refractivity contribution in [3.63, 3.8) is 0 Å². The van der Waals surface area contributed by atoms with Gasteiger partial charge in [0.15, 0.2) is 5.96 Å². The zero-order chi connectivity index (χ0) is 18.7. The Morgan fingerprint density at radius 3 is 2.54 bits per heavy atom. The summed E-state index contributed by atoms with van der Waals surface area (Å²) in [5.74, 6) is 1.25. The van der Waals surface area contributed by atoms with Gasteiger partial charge in [0, 0.05) is 12.7 Å². The number of aromatic nitrogens is 1. The molecule has 1 aromatic heterocycles.